The highest BCUT2D eigenvalue weighted by Gasteiger charge is 2.28. The highest BCUT2D eigenvalue weighted by molar-refractivity contribution is 5.91. The third-order valence-electron chi connectivity index (χ3n) is 3.10. The smallest absolute Gasteiger partial charge is 0.395 e. The largest absolute Gasteiger partial charge is 0.433 e. The molecule has 0 aliphatic carbocycles. The highest BCUT2D eigenvalue weighted by atomic mass is 19.1. The van der Waals surface area contributed by atoms with Gasteiger partial charge in [0.25, 0.3) is 5.91 Å². The number of halogens is 2. The van der Waals surface area contributed by atoms with Crippen LogP contribution in [-0.2, 0) is 5.60 Å². The number of nitrogens with zero attached hydrogens (tertiary/aromatic N) is 1. The summed E-state index contributed by atoms with van der Waals surface area (Å²) in [6.07, 6.45) is 0. The molecule has 0 radical (unpaired) electrons. The van der Waals surface area contributed by atoms with Crippen molar-refractivity contribution >= 4 is 11.8 Å². The van der Waals surface area contributed by atoms with Crippen LogP contribution in [0.2, 0.25) is 0 Å². The van der Waals surface area contributed by atoms with E-state index in [-0.39, 0.29) is 11.3 Å². The molecule has 0 saturated carbocycles. The summed E-state index contributed by atoms with van der Waals surface area (Å²) >= 11 is 0. The van der Waals surface area contributed by atoms with Crippen molar-refractivity contribution in [3.05, 3.63) is 63.4 Å². The number of hydrogen-bond acceptors (Lipinski definition) is 5. The Hall–Kier alpha value is -2.81. The maximum atomic E-state index is 13.7. The number of furan rings is 1. The molecule has 7 nitrogen and oxygen atoms in total. The van der Waals surface area contributed by atoms with Crippen LogP contribution in [0.15, 0.2) is 34.7 Å². The summed E-state index contributed by atoms with van der Waals surface area (Å²) in [5.41, 5.74) is -2.02. The lowest BCUT2D eigenvalue weighted by Gasteiger charge is -2.24. The summed E-state index contributed by atoms with van der Waals surface area (Å²) in [5, 5.41) is 23.0. The molecule has 1 atom stereocenters. The van der Waals surface area contributed by atoms with Crippen molar-refractivity contribution < 1.29 is 28.0 Å². The van der Waals surface area contributed by atoms with Crippen LogP contribution in [0, 0.1) is 21.7 Å². The van der Waals surface area contributed by atoms with E-state index in [0.717, 1.165) is 24.3 Å². The normalized spacial score (nSPS) is 13.4. The lowest BCUT2D eigenvalue weighted by Crippen LogP contribution is -2.39. The standard InChI is InChI=1S/C14H12F2N2O5/c1-14(20,9-3-2-8(15)6-10(9)16)7-17-13(19)11-4-5-12(23-11)18(21)22/h2-6,20H,7H2,1H3,(H,17,19)/t14-/m1/s1. The first-order chi connectivity index (χ1) is 10.7. The fourth-order valence-electron chi connectivity index (χ4n) is 1.91. The second-order valence-corrected chi connectivity index (χ2v) is 4.98. The summed E-state index contributed by atoms with van der Waals surface area (Å²) in [7, 11) is 0. The van der Waals surface area contributed by atoms with Gasteiger partial charge in [-0.2, -0.15) is 0 Å². The van der Waals surface area contributed by atoms with Crippen molar-refractivity contribution in [3.63, 3.8) is 0 Å². The molecule has 23 heavy (non-hydrogen) atoms. The van der Waals surface area contributed by atoms with Crippen molar-refractivity contribution in [3.8, 4) is 0 Å². The Labute approximate surface area is 128 Å². The van der Waals surface area contributed by atoms with Gasteiger partial charge >= 0.3 is 5.88 Å². The number of amides is 1. The first kappa shape index (κ1) is 16.6. The quantitative estimate of drug-likeness (QED) is 0.646. The second kappa shape index (κ2) is 6.13. The predicted octanol–water partition coefficient (Wildman–Crippen LogP) is 2.10. The highest BCUT2D eigenvalue weighted by Crippen LogP contribution is 2.24. The van der Waals surface area contributed by atoms with Gasteiger partial charge in [0.05, 0.1) is 12.6 Å². The molecule has 0 bridgehead atoms. The molecule has 1 amide bonds. The summed E-state index contributed by atoms with van der Waals surface area (Å²) in [6, 6.07) is 4.76. The topological polar surface area (TPSA) is 106 Å². The molecule has 2 aromatic rings. The van der Waals surface area contributed by atoms with E-state index in [1.165, 1.54) is 6.92 Å². The van der Waals surface area contributed by atoms with Gasteiger partial charge in [0, 0.05) is 11.6 Å². The molecule has 0 unspecified atom stereocenters. The predicted molar refractivity (Wildman–Crippen MR) is 73.6 cm³/mol. The minimum atomic E-state index is -1.81. The van der Waals surface area contributed by atoms with Gasteiger partial charge < -0.3 is 14.8 Å². The van der Waals surface area contributed by atoms with Gasteiger partial charge in [-0.15, -0.1) is 0 Å². The van der Waals surface area contributed by atoms with Crippen LogP contribution in [0.1, 0.15) is 23.0 Å². The third-order valence-corrected chi connectivity index (χ3v) is 3.10. The van der Waals surface area contributed by atoms with Gasteiger partial charge in [-0.3, -0.25) is 14.9 Å². The zero-order valence-electron chi connectivity index (χ0n) is 11.9. The van der Waals surface area contributed by atoms with Gasteiger partial charge in [-0.1, -0.05) is 6.07 Å². The Kier molecular flexibility index (Phi) is 4.41. The van der Waals surface area contributed by atoms with Crippen molar-refractivity contribution in [2.75, 3.05) is 6.54 Å². The van der Waals surface area contributed by atoms with Crippen LogP contribution in [0.3, 0.4) is 0 Å². The van der Waals surface area contributed by atoms with Crippen molar-refractivity contribution in [1.29, 1.82) is 0 Å². The second-order valence-electron chi connectivity index (χ2n) is 4.98. The molecule has 0 aliphatic heterocycles. The molecule has 2 N–H and O–H groups in total. The minimum Gasteiger partial charge on any atom is -0.395 e. The first-order valence-electron chi connectivity index (χ1n) is 6.41. The SMILES string of the molecule is C[C@@](O)(CNC(=O)c1ccc([N+](=O)[O-])o1)c1ccc(F)cc1F. The zero-order chi connectivity index (χ0) is 17.2. The average Bonchev–Trinajstić information content (AvgIpc) is 2.94. The minimum absolute atomic E-state index is 0.204. The van der Waals surface area contributed by atoms with Gasteiger partial charge in [0.15, 0.2) is 5.76 Å². The van der Waals surface area contributed by atoms with Gasteiger partial charge in [-0.25, -0.2) is 8.78 Å². The summed E-state index contributed by atoms with van der Waals surface area (Å²) in [6.45, 7) is 0.817. The molecule has 2 rings (SSSR count). The molecule has 1 aromatic carbocycles. The van der Waals surface area contributed by atoms with E-state index in [4.69, 9.17) is 4.42 Å². The fraction of sp³-hybridized carbons (Fsp3) is 0.214. The van der Waals surface area contributed by atoms with Gasteiger partial charge in [0.1, 0.15) is 22.2 Å². The van der Waals surface area contributed by atoms with Crippen LogP contribution in [0.5, 0.6) is 0 Å². The third kappa shape index (κ3) is 3.69. The number of nitrogens with one attached hydrogen (secondary N) is 1. The lowest BCUT2D eigenvalue weighted by atomic mass is 9.95. The van der Waals surface area contributed by atoms with Crippen molar-refractivity contribution in [2.24, 2.45) is 0 Å². The Bertz CT molecular complexity index is 757. The van der Waals surface area contributed by atoms with E-state index in [9.17, 15) is 28.8 Å². The molecule has 122 valence electrons. The lowest BCUT2D eigenvalue weighted by molar-refractivity contribution is -0.402. The van der Waals surface area contributed by atoms with Crippen LogP contribution in [0.25, 0.3) is 0 Å². The summed E-state index contributed by atoms with van der Waals surface area (Å²) < 4.78 is 31.3. The van der Waals surface area contributed by atoms with Crippen LogP contribution in [-0.4, -0.2) is 22.5 Å². The maximum absolute atomic E-state index is 13.7. The first-order valence-corrected chi connectivity index (χ1v) is 6.41. The molecule has 0 aliphatic rings. The van der Waals surface area contributed by atoms with Crippen LogP contribution < -0.4 is 5.32 Å². The van der Waals surface area contributed by atoms with Gasteiger partial charge in [0.2, 0.25) is 0 Å². The number of aliphatic hydroxyl groups is 1. The maximum Gasteiger partial charge on any atom is 0.433 e. The van der Waals surface area contributed by atoms with Crippen LogP contribution in [0.4, 0.5) is 14.7 Å². The number of carbonyl (C=O) groups excluding carboxylic acids is 1. The Morgan fingerprint density at radius 2 is 2.09 bits per heavy atom. The Morgan fingerprint density at radius 1 is 1.39 bits per heavy atom. The van der Waals surface area contributed by atoms with E-state index in [1.54, 1.807) is 0 Å². The molecule has 0 spiro atoms. The molecular weight excluding hydrogens is 314 g/mol. The number of carbonyl (C=O) groups is 1. The van der Waals surface area contributed by atoms with Crippen molar-refractivity contribution in [1.82, 2.24) is 5.32 Å². The number of rotatable bonds is 5. The Morgan fingerprint density at radius 3 is 2.65 bits per heavy atom. The van der Waals surface area contributed by atoms with Crippen LogP contribution >= 0.6 is 0 Å². The average molecular weight is 326 g/mol. The molecule has 9 heteroatoms. The fourth-order valence-corrected chi connectivity index (χ4v) is 1.91. The van der Waals surface area contributed by atoms with E-state index in [1.807, 2.05) is 0 Å². The Balaban J connectivity index is 2.08. The van der Waals surface area contributed by atoms with E-state index in [2.05, 4.69) is 5.32 Å². The number of nitro groups is 1. The van der Waals surface area contributed by atoms with Gasteiger partial charge in [-0.05, 0) is 19.1 Å². The van der Waals surface area contributed by atoms with E-state index in [0.29, 0.717) is 6.07 Å². The molecular formula is C14H12F2N2O5. The van der Waals surface area contributed by atoms with E-state index < -0.39 is 40.5 Å². The zero-order valence-corrected chi connectivity index (χ0v) is 11.9. The number of benzene rings is 1. The molecule has 0 saturated heterocycles. The molecule has 1 heterocycles. The molecule has 0 fully saturated rings. The van der Waals surface area contributed by atoms with E-state index >= 15 is 0 Å². The molecule has 1 aromatic heterocycles. The summed E-state index contributed by atoms with van der Waals surface area (Å²) in [5.74, 6) is -3.51. The van der Waals surface area contributed by atoms with Crippen molar-refractivity contribution in [2.45, 2.75) is 12.5 Å². The number of hydrogen-bond donors (Lipinski definition) is 2. The summed E-state index contributed by atoms with van der Waals surface area (Å²) in [4.78, 5) is 21.5. The monoisotopic (exact) mass is 326 g/mol.